The van der Waals surface area contributed by atoms with Gasteiger partial charge in [-0.2, -0.15) is 0 Å². The molecular formula is C23H22FN4O4-. The van der Waals surface area contributed by atoms with E-state index >= 15 is 0 Å². The summed E-state index contributed by atoms with van der Waals surface area (Å²) in [5.74, 6) is -0.961. The summed E-state index contributed by atoms with van der Waals surface area (Å²) in [5, 5.41) is 12.7. The van der Waals surface area contributed by atoms with Crippen LogP contribution in [0.5, 0.6) is 5.75 Å². The van der Waals surface area contributed by atoms with E-state index in [-0.39, 0.29) is 30.1 Å². The smallest absolute Gasteiger partial charge is 0.250 e. The van der Waals surface area contributed by atoms with Crippen molar-refractivity contribution < 1.29 is 19.0 Å². The van der Waals surface area contributed by atoms with Crippen LogP contribution >= 0.6 is 0 Å². The van der Waals surface area contributed by atoms with Gasteiger partial charge < -0.3 is 14.6 Å². The lowest BCUT2D eigenvalue weighted by molar-refractivity contribution is -0.271. The average molecular weight is 437 g/mol. The van der Waals surface area contributed by atoms with E-state index in [1.807, 2.05) is 6.07 Å². The number of pyridine rings is 1. The highest BCUT2D eigenvalue weighted by Crippen LogP contribution is 2.19. The van der Waals surface area contributed by atoms with E-state index in [0.29, 0.717) is 31.8 Å². The van der Waals surface area contributed by atoms with E-state index in [4.69, 9.17) is 9.47 Å². The zero-order chi connectivity index (χ0) is 22.1. The number of nitrogens with zero attached hydrogens (tertiary/aromatic N) is 4. The Hall–Kier alpha value is -3.30. The Labute approximate surface area is 183 Å². The lowest BCUT2D eigenvalue weighted by atomic mass is 10.1. The van der Waals surface area contributed by atoms with Crippen molar-refractivity contribution >= 4 is 11.5 Å². The van der Waals surface area contributed by atoms with Gasteiger partial charge in [-0.3, -0.25) is 14.1 Å². The molecule has 1 atom stereocenters. The Bertz CT molecular complexity index is 1220. The van der Waals surface area contributed by atoms with Gasteiger partial charge in [0.25, 0.3) is 5.56 Å². The van der Waals surface area contributed by atoms with E-state index in [2.05, 4.69) is 14.9 Å². The highest BCUT2D eigenvalue weighted by Gasteiger charge is 2.23. The molecule has 0 N–H and O–H groups in total. The van der Waals surface area contributed by atoms with Gasteiger partial charge in [-0.15, -0.1) is 0 Å². The van der Waals surface area contributed by atoms with Crippen molar-refractivity contribution in [1.82, 2.24) is 14.3 Å². The molecule has 166 valence electrons. The van der Waals surface area contributed by atoms with Gasteiger partial charge in [0.05, 0.1) is 19.3 Å². The van der Waals surface area contributed by atoms with Crippen LogP contribution in [0.3, 0.4) is 0 Å². The minimum absolute atomic E-state index is 0.0717. The molecule has 2 aliphatic rings. The topological polar surface area (TPSA) is 91.5 Å². The molecule has 0 saturated carbocycles. The van der Waals surface area contributed by atoms with Crippen LogP contribution in [0.4, 0.5) is 4.39 Å². The lowest BCUT2D eigenvalue weighted by Crippen LogP contribution is -2.35. The van der Waals surface area contributed by atoms with Crippen molar-refractivity contribution in [2.24, 2.45) is 4.99 Å². The van der Waals surface area contributed by atoms with Gasteiger partial charge in [-0.05, 0) is 41.5 Å². The third kappa shape index (κ3) is 4.21. The molecule has 1 saturated heterocycles. The predicted molar refractivity (Wildman–Crippen MR) is 113 cm³/mol. The molecule has 32 heavy (non-hydrogen) atoms. The predicted octanol–water partition coefficient (Wildman–Crippen LogP) is 1.13. The summed E-state index contributed by atoms with van der Waals surface area (Å²) < 4.78 is 25.4. The van der Waals surface area contributed by atoms with Crippen LogP contribution in [0, 0.1) is 5.82 Å². The molecule has 1 fully saturated rings. The first-order valence-corrected chi connectivity index (χ1v) is 10.5. The van der Waals surface area contributed by atoms with Crippen LogP contribution in [0.25, 0.3) is 5.65 Å². The van der Waals surface area contributed by atoms with Gasteiger partial charge in [-0.1, -0.05) is 18.2 Å². The number of hydrogen-bond acceptors (Lipinski definition) is 7. The van der Waals surface area contributed by atoms with E-state index in [1.54, 1.807) is 24.4 Å². The molecule has 1 aromatic carbocycles. The molecule has 0 radical (unpaired) electrons. The van der Waals surface area contributed by atoms with E-state index in [9.17, 15) is 14.3 Å². The number of aromatic nitrogens is 2. The Morgan fingerprint density at radius 2 is 1.84 bits per heavy atom. The van der Waals surface area contributed by atoms with Gasteiger partial charge >= 0.3 is 0 Å². The summed E-state index contributed by atoms with van der Waals surface area (Å²) in [6.07, 6.45) is 2.20. The average Bonchev–Trinajstić information content (AvgIpc) is 3.27. The number of rotatable bonds is 5. The summed E-state index contributed by atoms with van der Waals surface area (Å²) in [6.45, 7) is 3.97. The van der Waals surface area contributed by atoms with Gasteiger partial charge in [0.1, 0.15) is 23.8 Å². The minimum Gasteiger partial charge on any atom is -0.867 e. The molecule has 9 heteroatoms. The molecule has 8 nitrogen and oxygen atoms in total. The van der Waals surface area contributed by atoms with Gasteiger partial charge in [0.15, 0.2) is 0 Å². The molecule has 2 aliphatic heterocycles. The third-order valence-electron chi connectivity index (χ3n) is 5.65. The molecule has 0 aliphatic carbocycles. The third-order valence-corrected chi connectivity index (χ3v) is 5.65. The zero-order valence-corrected chi connectivity index (χ0v) is 17.4. The number of aliphatic imine (C=N–C) groups is 1. The maximum atomic E-state index is 13.1. The second-order valence-electron chi connectivity index (χ2n) is 7.98. The lowest BCUT2D eigenvalue weighted by Gasteiger charge is -2.26. The zero-order valence-electron chi connectivity index (χ0n) is 17.4. The normalized spacial score (nSPS) is 19.2. The fourth-order valence-corrected chi connectivity index (χ4v) is 3.96. The molecule has 4 heterocycles. The first kappa shape index (κ1) is 20.6. The van der Waals surface area contributed by atoms with Crippen molar-refractivity contribution in [3.63, 3.8) is 0 Å². The fraction of sp³-hybridized carbons (Fsp3) is 0.348. The molecule has 0 amide bonds. The van der Waals surface area contributed by atoms with E-state index in [0.717, 1.165) is 24.2 Å². The van der Waals surface area contributed by atoms with Crippen molar-refractivity contribution in [3.05, 3.63) is 75.6 Å². The maximum Gasteiger partial charge on any atom is 0.250 e. The van der Waals surface area contributed by atoms with Crippen LogP contribution < -0.4 is 10.7 Å². The first-order valence-electron chi connectivity index (χ1n) is 10.5. The molecule has 0 spiro atoms. The van der Waals surface area contributed by atoms with Crippen molar-refractivity contribution in [3.8, 4) is 5.75 Å². The van der Waals surface area contributed by atoms with Gasteiger partial charge in [0.2, 0.25) is 5.90 Å². The largest absolute Gasteiger partial charge is 0.867 e. The summed E-state index contributed by atoms with van der Waals surface area (Å²) >= 11 is 0. The van der Waals surface area contributed by atoms with Crippen molar-refractivity contribution in [2.45, 2.75) is 19.0 Å². The van der Waals surface area contributed by atoms with Crippen LogP contribution in [0.1, 0.15) is 16.8 Å². The summed E-state index contributed by atoms with van der Waals surface area (Å²) in [4.78, 5) is 23.8. The highest BCUT2D eigenvalue weighted by molar-refractivity contribution is 5.96. The Balaban J connectivity index is 1.39. The van der Waals surface area contributed by atoms with E-state index < -0.39 is 11.3 Å². The monoisotopic (exact) mass is 437 g/mol. The fourth-order valence-electron chi connectivity index (χ4n) is 3.96. The van der Waals surface area contributed by atoms with Gasteiger partial charge in [-0.25, -0.2) is 14.4 Å². The minimum atomic E-state index is -0.743. The van der Waals surface area contributed by atoms with Crippen LogP contribution in [-0.4, -0.2) is 59.1 Å². The summed E-state index contributed by atoms with van der Waals surface area (Å²) in [7, 11) is 0. The number of morpholine rings is 1. The number of halogens is 1. The molecular weight excluding hydrogens is 415 g/mol. The Kier molecular flexibility index (Phi) is 5.59. The summed E-state index contributed by atoms with van der Waals surface area (Å²) in [6, 6.07) is 9.57. The van der Waals surface area contributed by atoms with Crippen LogP contribution in [0.15, 0.2) is 52.4 Å². The van der Waals surface area contributed by atoms with Gasteiger partial charge in [0, 0.05) is 25.8 Å². The van der Waals surface area contributed by atoms with Crippen LogP contribution in [0.2, 0.25) is 0 Å². The summed E-state index contributed by atoms with van der Waals surface area (Å²) in [5.41, 5.74) is 1.44. The van der Waals surface area contributed by atoms with Crippen LogP contribution in [-0.2, 0) is 22.4 Å². The number of hydrogen-bond donors (Lipinski definition) is 0. The maximum absolute atomic E-state index is 13.1. The van der Waals surface area contributed by atoms with Crippen molar-refractivity contribution in [1.29, 1.82) is 0 Å². The number of fused-ring (bicyclic) bond motifs is 1. The van der Waals surface area contributed by atoms with Crippen molar-refractivity contribution in [2.75, 3.05) is 32.9 Å². The Morgan fingerprint density at radius 3 is 2.62 bits per heavy atom. The SMILES string of the molecule is O=c1c([O-])c(C2=NC(Cc3ccc(F)cc3)CO2)nc2ccc(CN3CCOCC3)cn12. The second kappa shape index (κ2) is 8.68. The highest BCUT2D eigenvalue weighted by atomic mass is 19.1. The Morgan fingerprint density at radius 1 is 1.09 bits per heavy atom. The molecule has 3 aromatic rings. The second-order valence-corrected chi connectivity index (χ2v) is 7.98. The molecule has 5 rings (SSSR count). The number of benzene rings is 1. The van der Waals surface area contributed by atoms with E-state index in [1.165, 1.54) is 16.5 Å². The molecule has 1 unspecified atom stereocenters. The molecule has 2 aromatic heterocycles. The molecule has 0 bridgehead atoms. The standard InChI is InChI=1S/C23H23FN4O4/c24-17-4-1-15(2-5-17)11-18-14-32-22(25-18)20-21(29)23(30)28-13-16(3-6-19(28)26-20)12-27-7-9-31-10-8-27/h1-6,13,18,29H,7-12,14H2/p-1. The number of ether oxygens (including phenoxy) is 2. The quantitative estimate of drug-likeness (QED) is 0.594. The first-order chi connectivity index (χ1) is 15.6.